The van der Waals surface area contributed by atoms with E-state index in [0.29, 0.717) is 6.42 Å². The van der Waals surface area contributed by atoms with Crippen molar-refractivity contribution in [3.05, 3.63) is 12.2 Å². The highest BCUT2D eigenvalue weighted by Gasteiger charge is 2.16. The topological polar surface area (TPSA) is 101 Å². The molecule has 0 saturated carbocycles. The summed E-state index contributed by atoms with van der Waals surface area (Å²) < 4.78 is 34.4. The standard InChI is InChI=1S/C21H40O6S/c1-2-3-4-5-6-7-8-9-10-11-12-13-14-15-17-20(22)21(23)27-18-16-19-28(24,25)26/h9-10,20,22H,2-8,11-19H2,1H3,(H,24,25,26)/b10-9-. The van der Waals surface area contributed by atoms with Crippen LogP contribution in [0.4, 0.5) is 0 Å². The SMILES string of the molecule is CCCCCCCC/C=C\CCCCCCC(O)C(=O)OCCCS(=O)(=O)O. The van der Waals surface area contributed by atoms with Crippen LogP contribution < -0.4 is 0 Å². The molecule has 0 spiro atoms. The molecule has 0 radical (unpaired) electrons. The van der Waals surface area contributed by atoms with Gasteiger partial charge in [-0.15, -0.1) is 0 Å². The van der Waals surface area contributed by atoms with Gasteiger partial charge in [0.05, 0.1) is 12.4 Å². The Morgan fingerprint density at radius 2 is 1.43 bits per heavy atom. The van der Waals surface area contributed by atoms with Gasteiger partial charge in [0.2, 0.25) is 0 Å². The highest BCUT2D eigenvalue weighted by Crippen LogP contribution is 2.10. The lowest BCUT2D eigenvalue weighted by molar-refractivity contribution is -0.153. The first-order valence-corrected chi connectivity index (χ1v) is 12.4. The molecule has 0 aliphatic heterocycles. The average Bonchev–Trinajstić information content (AvgIpc) is 2.64. The van der Waals surface area contributed by atoms with Gasteiger partial charge >= 0.3 is 5.97 Å². The monoisotopic (exact) mass is 420 g/mol. The summed E-state index contributed by atoms with van der Waals surface area (Å²) in [6.45, 7) is 2.11. The first kappa shape index (κ1) is 27.1. The van der Waals surface area contributed by atoms with Crippen LogP contribution in [-0.4, -0.2) is 42.5 Å². The van der Waals surface area contributed by atoms with Gasteiger partial charge in [-0.25, -0.2) is 4.79 Å². The van der Waals surface area contributed by atoms with E-state index in [9.17, 15) is 18.3 Å². The highest BCUT2D eigenvalue weighted by atomic mass is 32.2. The fourth-order valence-corrected chi connectivity index (χ4v) is 3.34. The number of aliphatic hydroxyl groups is 1. The van der Waals surface area contributed by atoms with Gasteiger partial charge in [0.15, 0.2) is 6.10 Å². The van der Waals surface area contributed by atoms with E-state index >= 15 is 0 Å². The van der Waals surface area contributed by atoms with E-state index in [0.717, 1.165) is 32.1 Å². The van der Waals surface area contributed by atoms with Gasteiger partial charge in [-0.05, 0) is 38.5 Å². The summed E-state index contributed by atoms with van der Waals surface area (Å²) in [5.74, 6) is -1.18. The number of ether oxygens (including phenoxy) is 1. The predicted octanol–water partition coefficient (Wildman–Crippen LogP) is 4.82. The zero-order chi connectivity index (χ0) is 21.1. The van der Waals surface area contributed by atoms with E-state index in [4.69, 9.17) is 9.29 Å². The lowest BCUT2D eigenvalue weighted by atomic mass is 10.1. The first-order valence-electron chi connectivity index (χ1n) is 10.8. The molecule has 166 valence electrons. The molecule has 0 aromatic heterocycles. The Morgan fingerprint density at radius 1 is 0.893 bits per heavy atom. The third-order valence-corrected chi connectivity index (χ3v) is 5.36. The number of unbranched alkanes of at least 4 members (excludes halogenated alkanes) is 10. The van der Waals surface area contributed by atoms with Crippen LogP contribution in [0.3, 0.4) is 0 Å². The third kappa shape index (κ3) is 19.8. The molecule has 0 rings (SSSR count). The summed E-state index contributed by atoms with van der Waals surface area (Å²) in [5.41, 5.74) is 0. The van der Waals surface area contributed by atoms with Crippen LogP contribution in [0, 0.1) is 0 Å². The molecule has 0 fully saturated rings. The highest BCUT2D eigenvalue weighted by molar-refractivity contribution is 7.85. The molecule has 0 aliphatic rings. The van der Waals surface area contributed by atoms with E-state index in [-0.39, 0.29) is 13.0 Å². The minimum Gasteiger partial charge on any atom is -0.464 e. The molecule has 6 nitrogen and oxygen atoms in total. The van der Waals surface area contributed by atoms with Crippen LogP contribution >= 0.6 is 0 Å². The number of rotatable bonds is 19. The van der Waals surface area contributed by atoms with Gasteiger partial charge in [-0.2, -0.15) is 8.42 Å². The molecule has 7 heteroatoms. The summed E-state index contributed by atoms with van der Waals surface area (Å²) in [6, 6.07) is 0. The van der Waals surface area contributed by atoms with Crippen molar-refractivity contribution in [3.8, 4) is 0 Å². The van der Waals surface area contributed by atoms with Crippen LogP contribution in [-0.2, 0) is 19.6 Å². The van der Waals surface area contributed by atoms with Crippen molar-refractivity contribution in [3.63, 3.8) is 0 Å². The molecule has 0 aromatic carbocycles. The molecule has 0 heterocycles. The summed E-state index contributed by atoms with van der Waals surface area (Å²) in [4.78, 5) is 11.5. The maximum absolute atomic E-state index is 11.5. The lowest BCUT2D eigenvalue weighted by Crippen LogP contribution is -2.24. The molecule has 0 aliphatic carbocycles. The number of carbonyl (C=O) groups excluding carboxylic acids is 1. The Labute approximate surface area is 171 Å². The largest absolute Gasteiger partial charge is 0.464 e. The summed E-state index contributed by atoms with van der Waals surface area (Å²) in [5, 5.41) is 9.71. The normalized spacial score (nSPS) is 13.1. The van der Waals surface area contributed by atoms with Crippen molar-refractivity contribution < 1.29 is 27.6 Å². The van der Waals surface area contributed by atoms with E-state index in [1.807, 2.05) is 0 Å². The Bertz CT molecular complexity index is 501. The van der Waals surface area contributed by atoms with Crippen LogP contribution in [0.2, 0.25) is 0 Å². The fraction of sp³-hybridized carbons (Fsp3) is 0.857. The molecule has 2 N–H and O–H groups in total. The predicted molar refractivity (Wildman–Crippen MR) is 113 cm³/mol. The Hall–Kier alpha value is -0.920. The molecule has 0 amide bonds. The van der Waals surface area contributed by atoms with E-state index in [2.05, 4.69) is 19.1 Å². The fourth-order valence-electron chi connectivity index (χ4n) is 2.86. The van der Waals surface area contributed by atoms with Gasteiger partial charge in [0.1, 0.15) is 0 Å². The van der Waals surface area contributed by atoms with Crippen molar-refractivity contribution >= 4 is 16.1 Å². The second-order valence-electron chi connectivity index (χ2n) is 7.34. The summed E-state index contributed by atoms with van der Waals surface area (Å²) in [7, 11) is -4.04. The number of hydrogen-bond donors (Lipinski definition) is 2. The zero-order valence-electron chi connectivity index (χ0n) is 17.5. The molecular formula is C21H40O6S. The maximum Gasteiger partial charge on any atom is 0.334 e. The van der Waals surface area contributed by atoms with E-state index in [1.165, 1.54) is 44.9 Å². The van der Waals surface area contributed by atoms with Crippen molar-refractivity contribution in [1.29, 1.82) is 0 Å². The van der Waals surface area contributed by atoms with Crippen LogP contribution in [0.25, 0.3) is 0 Å². The summed E-state index contributed by atoms with van der Waals surface area (Å²) >= 11 is 0. The maximum atomic E-state index is 11.5. The molecule has 0 saturated heterocycles. The molecule has 0 aromatic rings. The summed E-state index contributed by atoms with van der Waals surface area (Å²) in [6.07, 6.45) is 17.9. The number of esters is 1. The third-order valence-electron chi connectivity index (χ3n) is 4.55. The number of aliphatic hydroxyl groups excluding tert-OH is 1. The Balaban J connectivity index is 3.44. The van der Waals surface area contributed by atoms with Crippen LogP contribution in [0.1, 0.15) is 96.8 Å². The Morgan fingerprint density at radius 3 is 2.00 bits per heavy atom. The van der Waals surface area contributed by atoms with Crippen molar-refractivity contribution in [2.24, 2.45) is 0 Å². The number of hydrogen-bond acceptors (Lipinski definition) is 5. The van der Waals surface area contributed by atoms with E-state index < -0.39 is 27.9 Å². The van der Waals surface area contributed by atoms with Gasteiger partial charge in [-0.3, -0.25) is 4.55 Å². The Kier molecular flexibility index (Phi) is 17.5. The van der Waals surface area contributed by atoms with Crippen molar-refractivity contribution in [1.82, 2.24) is 0 Å². The van der Waals surface area contributed by atoms with Crippen LogP contribution in [0.15, 0.2) is 12.2 Å². The second-order valence-corrected chi connectivity index (χ2v) is 8.91. The smallest absolute Gasteiger partial charge is 0.334 e. The average molecular weight is 421 g/mol. The van der Waals surface area contributed by atoms with Crippen molar-refractivity contribution in [2.45, 2.75) is 103 Å². The zero-order valence-corrected chi connectivity index (χ0v) is 18.3. The molecule has 1 unspecified atom stereocenters. The molecule has 28 heavy (non-hydrogen) atoms. The number of carbonyl (C=O) groups is 1. The molecule has 0 bridgehead atoms. The quantitative estimate of drug-likeness (QED) is 0.134. The first-order chi connectivity index (χ1) is 13.4. The van der Waals surface area contributed by atoms with E-state index in [1.54, 1.807) is 0 Å². The lowest BCUT2D eigenvalue weighted by Gasteiger charge is -2.10. The molecule has 1 atom stereocenters. The van der Waals surface area contributed by atoms with Crippen LogP contribution in [0.5, 0.6) is 0 Å². The van der Waals surface area contributed by atoms with Gasteiger partial charge in [-0.1, -0.05) is 70.4 Å². The van der Waals surface area contributed by atoms with Gasteiger partial charge in [0.25, 0.3) is 10.1 Å². The number of allylic oxidation sites excluding steroid dienone is 2. The minimum absolute atomic E-state index is 0.0175. The second kappa shape index (κ2) is 18.1. The van der Waals surface area contributed by atoms with Crippen molar-refractivity contribution in [2.75, 3.05) is 12.4 Å². The van der Waals surface area contributed by atoms with Gasteiger partial charge < -0.3 is 9.84 Å². The molecular weight excluding hydrogens is 380 g/mol. The van der Waals surface area contributed by atoms with Gasteiger partial charge in [0, 0.05) is 0 Å². The minimum atomic E-state index is -4.04.